The summed E-state index contributed by atoms with van der Waals surface area (Å²) in [5, 5.41) is 0.588. The van der Waals surface area contributed by atoms with Gasteiger partial charge in [0.2, 0.25) is 5.91 Å². The minimum atomic E-state index is -0.0121. The molecule has 0 saturated carbocycles. The fourth-order valence-corrected chi connectivity index (χ4v) is 5.28. The molecule has 40 heavy (non-hydrogen) atoms. The van der Waals surface area contributed by atoms with Gasteiger partial charge in [0.25, 0.3) is 0 Å². The van der Waals surface area contributed by atoms with Crippen LogP contribution in [0.5, 0.6) is 5.75 Å². The number of carbonyl (C=O) groups excluding carboxylic acids is 1. The van der Waals surface area contributed by atoms with Gasteiger partial charge in [-0.05, 0) is 59.9 Å². The molecule has 0 radical (unpaired) electrons. The largest absolute Gasteiger partial charge is 0.492 e. The lowest BCUT2D eigenvalue weighted by atomic mass is 10.1. The van der Waals surface area contributed by atoms with Gasteiger partial charge in [-0.1, -0.05) is 113 Å². The van der Waals surface area contributed by atoms with Crippen LogP contribution in [0, 0.1) is 0 Å². The maximum atomic E-state index is 12.6. The van der Waals surface area contributed by atoms with Crippen molar-refractivity contribution < 1.29 is 9.53 Å². The minimum Gasteiger partial charge on any atom is -0.492 e. The molecule has 0 aliphatic rings. The number of benzene rings is 2. The molecule has 1 aromatic heterocycles. The molecule has 1 amide bonds. The second-order valence-electron chi connectivity index (χ2n) is 10.8. The third kappa shape index (κ3) is 11.7. The third-order valence-electron chi connectivity index (χ3n) is 7.33. The fourth-order valence-electron chi connectivity index (χ4n) is 5.02. The average molecular weight is 563 g/mol. The van der Waals surface area contributed by atoms with Gasteiger partial charge in [-0.15, -0.1) is 0 Å². The van der Waals surface area contributed by atoms with Gasteiger partial charge in [-0.3, -0.25) is 9.78 Å². The van der Waals surface area contributed by atoms with Crippen molar-refractivity contribution in [3.63, 3.8) is 0 Å². The van der Waals surface area contributed by atoms with Crippen molar-refractivity contribution in [1.29, 1.82) is 0 Å². The Morgan fingerprint density at radius 1 is 0.800 bits per heavy atom. The first-order valence-corrected chi connectivity index (χ1v) is 15.6. The van der Waals surface area contributed by atoms with E-state index in [1.807, 2.05) is 42.6 Å². The smallest absolute Gasteiger partial charge is 0.224 e. The Labute approximate surface area is 247 Å². The van der Waals surface area contributed by atoms with Crippen LogP contribution in [0.3, 0.4) is 0 Å². The van der Waals surface area contributed by atoms with Crippen molar-refractivity contribution in [3.05, 3.63) is 88.7 Å². The van der Waals surface area contributed by atoms with Gasteiger partial charge in [0, 0.05) is 25.0 Å². The molecular weight excluding hydrogens is 516 g/mol. The molecule has 0 fully saturated rings. The molecule has 0 aliphatic heterocycles. The van der Waals surface area contributed by atoms with Crippen LogP contribution in [0.1, 0.15) is 108 Å². The summed E-state index contributed by atoms with van der Waals surface area (Å²) in [6, 6.07) is 18.0. The highest BCUT2D eigenvalue weighted by Gasteiger charge is 2.14. The van der Waals surface area contributed by atoms with Crippen molar-refractivity contribution >= 4 is 23.2 Å². The molecule has 4 nitrogen and oxygen atoms in total. The molecular formula is C35H47ClN2O2. The number of amides is 1. The lowest BCUT2D eigenvalue weighted by molar-refractivity contribution is -0.116. The van der Waals surface area contributed by atoms with E-state index in [4.69, 9.17) is 16.3 Å². The highest BCUT2D eigenvalue weighted by molar-refractivity contribution is 6.32. The maximum absolute atomic E-state index is 12.6. The second kappa shape index (κ2) is 18.5. The predicted octanol–water partition coefficient (Wildman–Crippen LogP) is 9.96. The molecule has 0 atom stereocenters. The number of ether oxygens (including phenoxy) is 1. The molecule has 5 heteroatoms. The Morgan fingerprint density at radius 2 is 1.48 bits per heavy atom. The highest BCUT2D eigenvalue weighted by atomic mass is 35.5. The Balaban J connectivity index is 1.40. The molecule has 1 heterocycles. The van der Waals surface area contributed by atoms with Crippen LogP contribution in [-0.2, 0) is 17.8 Å². The molecule has 0 saturated heterocycles. The van der Waals surface area contributed by atoms with Crippen molar-refractivity contribution in [1.82, 2.24) is 4.98 Å². The van der Waals surface area contributed by atoms with E-state index in [2.05, 4.69) is 30.1 Å². The van der Waals surface area contributed by atoms with Crippen molar-refractivity contribution in [2.45, 2.75) is 104 Å². The first-order chi connectivity index (χ1) is 19.6. The van der Waals surface area contributed by atoms with E-state index in [9.17, 15) is 4.79 Å². The normalized spacial score (nSPS) is 11.0. The summed E-state index contributed by atoms with van der Waals surface area (Å²) in [5.74, 6) is 0.697. The molecule has 3 rings (SSSR count). The number of aromatic nitrogens is 1. The zero-order valence-electron chi connectivity index (χ0n) is 24.5. The van der Waals surface area contributed by atoms with Gasteiger partial charge in [0.05, 0.1) is 18.2 Å². The molecule has 0 aliphatic carbocycles. The monoisotopic (exact) mass is 562 g/mol. The van der Waals surface area contributed by atoms with E-state index in [1.54, 1.807) is 18.0 Å². The zero-order valence-corrected chi connectivity index (χ0v) is 25.3. The van der Waals surface area contributed by atoms with E-state index in [1.165, 1.54) is 70.6 Å². The number of carbonyl (C=O) groups is 1. The maximum Gasteiger partial charge on any atom is 0.224 e. The van der Waals surface area contributed by atoms with Crippen LogP contribution in [-0.4, -0.2) is 17.5 Å². The van der Waals surface area contributed by atoms with Crippen LogP contribution in [0.2, 0.25) is 5.02 Å². The van der Waals surface area contributed by atoms with Gasteiger partial charge >= 0.3 is 0 Å². The van der Waals surface area contributed by atoms with E-state index in [0.29, 0.717) is 23.9 Å². The summed E-state index contributed by atoms with van der Waals surface area (Å²) in [5.41, 5.74) is 4.11. The molecule has 0 unspecified atom stereocenters. The standard InChI is InChI=1S/C35H47ClN2O2/c1-3-4-5-6-7-8-9-10-11-12-13-14-23-40-35-21-20-32(26-34(35)36)28-38(29(2)39)33-19-15-17-30(25-33)24-31-18-16-22-37-27-31/h15-22,25-27H,3-14,23-24,28H2,1-2H3. The SMILES string of the molecule is CCCCCCCCCCCCCCOc1ccc(CN(C(C)=O)c2cccc(Cc3cccnc3)c2)cc1Cl. The van der Waals surface area contributed by atoms with Crippen LogP contribution < -0.4 is 9.64 Å². The van der Waals surface area contributed by atoms with E-state index in [0.717, 1.165) is 35.2 Å². The van der Waals surface area contributed by atoms with Gasteiger partial charge < -0.3 is 9.64 Å². The van der Waals surface area contributed by atoms with Gasteiger partial charge in [-0.25, -0.2) is 0 Å². The van der Waals surface area contributed by atoms with Crippen LogP contribution >= 0.6 is 11.6 Å². The number of unbranched alkanes of at least 4 members (excludes halogenated alkanes) is 11. The Kier molecular flexibility index (Phi) is 14.6. The topological polar surface area (TPSA) is 42.4 Å². The van der Waals surface area contributed by atoms with Gasteiger partial charge in [-0.2, -0.15) is 0 Å². The number of hydrogen-bond donors (Lipinski definition) is 0. The molecule has 2 aromatic carbocycles. The number of rotatable bonds is 19. The van der Waals surface area contributed by atoms with Crippen LogP contribution in [0.4, 0.5) is 5.69 Å². The Morgan fingerprint density at radius 3 is 2.10 bits per heavy atom. The summed E-state index contributed by atoms with van der Waals surface area (Å²) in [7, 11) is 0. The number of halogens is 1. The number of anilines is 1. The Hall–Kier alpha value is -2.85. The summed E-state index contributed by atoms with van der Waals surface area (Å²) < 4.78 is 5.98. The molecule has 216 valence electrons. The first-order valence-electron chi connectivity index (χ1n) is 15.2. The lowest BCUT2D eigenvalue weighted by Gasteiger charge is -2.22. The predicted molar refractivity (Wildman–Crippen MR) is 168 cm³/mol. The summed E-state index contributed by atoms with van der Waals surface area (Å²) in [4.78, 5) is 18.6. The quantitative estimate of drug-likeness (QED) is 0.136. The summed E-state index contributed by atoms with van der Waals surface area (Å²) in [6.45, 7) is 5.00. The number of hydrogen-bond acceptors (Lipinski definition) is 3. The minimum absolute atomic E-state index is 0.0121. The van der Waals surface area contributed by atoms with E-state index < -0.39 is 0 Å². The van der Waals surface area contributed by atoms with Gasteiger partial charge in [0.15, 0.2) is 0 Å². The number of nitrogens with zero attached hydrogens (tertiary/aromatic N) is 2. The van der Waals surface area contributed by atoms with Crippen LogP contribution in [0.25, 0.3) is 0 Å². The summed E-state index contributed by atoms with van der Waals surface area (Å²) in [6.07, 6.45) is 20.3. The van der Waals surface area contributed by atoms with Crippen molar-refractivity contribution in [3.8, 4) is 5.75 Å². The highest BCUT2D eigenvalue weighted by Crippen LogP contribution is 2.28. The zero-order chi connectivity index (χ0) is 28.4. The van der Waals surface area contributed by atoms with E-state index in [-0.39, 0.29) is 5.91 Å². The fraction of sp³-hybridized carbons (Fsp3) is 0.486. The number of pyridine rings is 1. The van der Waals surface area contributed by atoms with Gasteiger partial charge in [0.1, 0.15) is 5.75 Å². The first kappa shape index (κ1) is 31.7. The molecule has 0 bridgehead atoms. The molecule has 0 spiro atoms. The Bertz CT molecular complexity index is 1140. The van der Waals surface area contributed by atoms with E-state index >= 15 is 0 Å². The molecule has 3 aromatic rings. The third-order valence-corrected chi connectivity index (χ3v) is 7.62. The lowest BCUT2D eigenvalue weighted by Crippen LogP contribution is -2.27. The van der Waals surface area contributed by atoms with Crippen molar-refractivity contribution in [2.24, 2.45) is 0 Å². The average Bonchev–Trinajstić information content (AvgIpc) is 2.95. The summed E-state index contributed by atoms with van der Waals surface area (Å²) >= 11 is 6.57. The van der Waals surface area contributed by atoms with Crippen molar-refractivity contribution in [2.75, 3.05) is 11.5 Å². The second-order valence-corrected chi connectivity index (χ2v) is 11.2. The molecule has 0 N–H and O–H groups in total. The van der Waals surface area contributed by atoms with Crippen LogP contribution in [0.15, 0.2) is 67.0 Å².